The van der Waals surface area contributed by atoms with Crippen molar-refractivity contribution in [3.05, 3.63) is 59.1 Å². The quantitative estimate of drug-likeness (QED) is 0.598. The number of aromatic carboxylic acids is 1. The molecule has 2 aromatic rings. The van der Waals surface area contributed by atoms with E-state index in [1.165, 1.54) is 12.1 Å². The molecular formula is C16H15ClO3S. The van der Waals surface area contributed by atoms with E-state index in [-0.39, 0.29) is 5.56 Å². The van der Waals surface area contributed by atoms with Crippen molar-refractivity contribution < 1.29 is 14.6 Å². The van der Waals surface area contributed by atoms with E-state index in [0.717, 1.165) is 22.1 Å². The highest BCUT2D eigenvalue weighted by molar-refractivity contribution is 7.99. The van der Waals surface area contributed by atoms with E-state index in [1.807, 2.05) is 24.3 Å². The molecule has 1 N–H and O–H groups in total. The van der Waals surface area contributed by atoms with Crippen LogP contribution >= 0.6 is 23.4 Å². The van der Waals surface area contributed by atoms with Gasteiger partial charge in [0.15, 0.2) is 0 Å². The predicted molar refractivity (Wildman–Crippen MR) is 85.7 cm³/mol. The highest BCUT2D eigenvalue weighted by Gasteiger charge is 2.02. The molecule has 0 aliphatic carbocycles. The van der Waals surface area contributed by atoms with Crippen LogP contribution in [-0.2, 0) is 0 Å². The molecule has 110 valence electrons. The number of carboxylic acids is 1. The van der Waals surface area contributed by atoms with Crippen LogP contribution in [0.2, 0.25) is 5.02 Å². The number of benzene rings is 2. The lowest BCUT2D eigenvalue weighted by Gasteiger charge is -2.07. The monoisotopic (exact) mass is 322 g/mol. The Kier molecular flexibility index (Phi) is 5.96. The van der Waals surface area contributed by atoms with E-state index in [1.54, 1.807) is 23.9 Å². The van der Waals surface area contributed by atoms with Gasteiger partial charge in [0.1, 0.15) is 5.75 Å². The fraction of sp³-hybridized carbons (Fsp3) is 0.188. The Morgan fingerprint density at radius 3 is 2.52 bits per heavy atom. The number of rotatable bonds is 7. The number of ether oxygens (including phenoxy) is 1. The van der Waals surface area contributed by atoms with Crippen LogP contribution in [0.5, 0.6) is 5.75 Å². The summed E-state index contributed by atoms with van der Waals surface area (Å²) in [5.41, 5.74) is 0.261. The van der Waals surface area contributed by atoms with Gasteiger partial charge in [0, 0.05) is 10.6 Å². The van der Waals surface area contributed by atoms with Crippen molar-refractivity contribution in [2.24, 2.45) is 0 Å². The third kappa shape index (κ3) is 4.99. The second-order valence-electron chi connectivity index (χ2n) is 4.31. The zero-order valence-corrected chi connectivity index (χ0v) is 12.9. The van der Waals surface area contributed by atoms with Gasteiger partial charge in [-0.15, -0.1) is 11.8 Å². The molecule has 21 heavy (non-hydrogen) atoms. The fourth-order valence-electron chi connectivity index (χ4n) is 1.69. The molecule has 0 bridgehead atoms. The Morgan fingerprint density at radius 2 is 1.86 bits per heavy atom. The van der Waals surface area contributed by atoms with E-state index in [2.05, 4.69) is 0 Å². The van der Waals surface area contributed by atoms with Crippen LogP contribution in [0.25, 0.3) is 0 Å². The third-order valence-electron chi connectivity index (χ3n) is 2.75. The molecule has 3 nitrogen and oxygen atoms in total. The van der Waals surface area contributed by atoms with Crippen LogP contribution < -0.4 is 4.74 Å². The lowest BCUT2D eigenvalue weighted by atomic mass is 10.2. The van der Waals surface area contributed by atoms with Gasteiger partial charge in [-0.05, 0) is 42.8 Å². The maximum Gasteiger partial charge on any atom is 0.335 e. The van der Waals surface area contributed by atoms with Gasteiger partial charge in [-0.2, -0.15) is 0 Å². The van der Waals surface area contributed by atoms with Crippen molar-refractivity contribution in [3.63, 3.8) is 0 Å². The summed E-state index contributed by atoms with van der Waals surface area (Å²) >= 11 is 7.77. The predicted octanol–water partition coefficient (Wildman–Crippen LogP) is 4.60. The van der Waals surface area contributed by atoms with Gasteiger partial charge in [-0.3, -0.25) is 0 Å². The Balaban J connectivity index is 1.70. The zero-order chi connectivity index (χ0) is 15.1. The SMILES string of the molecule is O=C(O)c1ccc(OCCCSc2ccccc2Cl)cc1. The summed E-state index contributed by atoms with van der Waals surface area (Å²) in [6.07, 6.45) is 0.885. The average Bonchev–Trinajstić information content (AvgIpc) is 2.49. The fourth-order valence-corrected chi connectivity index (χ4v) is 2.85. The van der Waals surface area contributed by atoms with E-state index in [0.29, 0.717) is 12.4 Å². The van der Waals surface area contributed by atoms with Crippen LogP contribution in [0.4, 0.5) is 0 Å². The molecule has 0 radical (unpaired) electrons. The van der Waals surface area contributed by atoms with Gasteiger partial charge in [-0.25, -0.2) is 4.79 Å². The number of carbonyl (C=O) groups is 1. The minimum Gasteiger partial charge on any atom is -0.494 e. The van der Waals surface area contributed by atoms with Crippen LogP contribution in [0.3, 0.4) is 0 Å². The largest absolute Gasteiger partial charge is 0.494 e. The Morgan fingerprint density at radius 1 is 1.14 bits per heavy atom. The molecule has 0 unspecified atom stereocenters. The second-order valence-corrected chi connectivity index (χ2v) is 5.85. The normalized spacial score (nSPS) is 10.3. The maximum absolute atomic E-state index is 10.7. The van der Waals surface area contributed by atoms with Gasteiger partial charge in [-0.1, -0.05) is 23.7 Å². The maximum atomic E-state index is 10.7. The van der Waals surface area contributed by atoms with Crippen molar-refractivity contribution >= 4 is 29.3 Å². The molecule has 0 heterocycles. The summed E-state index contributed by atoms with van der Waals surface area (Å²) in [5, 5.41) is 9.57. The first-order valence-corrected chi connectivity index (χ1v) is 7.86. The summed E-state index contributed by atoms with van der Waals surface area (Å²) in [7, 11) is 0. The number of hydrogen-bond acceptors (Lipinski definition) is 3. The molecule has 5 heteroatoms. The minimum absolute atomic E-state index is 0.261. The highest BCUT2D eigenvalue weighted by atomic mass is 35.5. The summed E-state index contributed by atoms with van der Waals surface area (Å²) in [6, 6.07) is 14.2. The van der Waals surface area contributed by atoms with Crippen molar-refractivity contribution in [1.29, 1.82) is 0 Å². The van der Waals surface area contributed by atoms with Crippen molar-refractivity contribution in [2.45, 2.75) is 11.3 Å². The number of hydrogen-bond donors (Lipinski definition) is 1. The first-order valence-electron chi connectivity index (χ1n) is 6.50. The number of halogens is 1. The van der Waals surface area contributed by atoms with E-state index in [4.69, 9.17) is 21.4 Å². The first-order chi connectivity index (χ1) is 10.2. The Hall–Kier alpha value is -1.65. The standard InChI is InChI=1S/C16H15ClO3S/c17-14-4-1-2-5-15(14)21-11-3-10-20-13-8-6-12(7-9-13)16(18)19/h1-2,4-9H,3,10-11H2,(H,18,19). The Bertz CT molecular complexity index is 599. The molecule has 0 atom stereocenters. The highest BCUT2D eigenvalue weighted by Crippen LogP contribution is 2.26. The molecule has 0 aliphatic rings. The van der Waals surface area contributed by atoms with Gasteiger partial charge in [0.2, 0.25) is 0 Å². The molecule has 0 saturated carbocycles. The number of carboxylic acid groups (broad SMARTS) is 1. The topological polar surface area (TPSA) is 46.5 Å². The summed E-state index contributed by atoms with van der Waals surface area (Å²) in [4.78, 5) is 11.8. The summed E-state index contributed by atoms with van der Waals surface area (Å²) < 4.78 is 5.57. The van der Waals surface area contributed by atoms with E-state index < -0.39 is 5.97 Å². The third-order valence-corrected chi connectivity index (χ3v) is 4.35. The molecule has 2 aromatic carbocycles. The van der Waals surface area contributed by atoms with Gasteiger partial charge < -0.3 is 9.84 Å². The number of thioether (sulfide) groups is 1. The van der Waals surface area contributed by atoms with Crippen LogP contribution in [-0.4, -0.2) is 23.4 Å². The molecule has 0 aromatic heterocycles. The summed E-state index contributed by atoms with van der Waals surface area (Å²) in [6.45, 7) is 0.587. The molecule has 0 spiro atoms. The summed E-state index contributed by atoms with van der Waals surface area (Å²) in [5.74, 6) is 0.664. The van der Waals surface area contributed by atoms with Crippen LogP contribution in [0.15, 0.2) is 53.4 Å². The minimum atomic E-state index is -0.933. The molecule has 2 rings (SSSR count). The molecular weight excluding hydrogens is 308 g/mol. The van der Waals surface area contributed by atoms with Gasteiger partial charge in [0.05, 0.1) is 17.2 Å². The van der Waals surface area contributed by atoms with Gasteiger partial charge >= 0.3 is 5.97 Å². The van der Waals surface area contributed by atoms with E-state index in [9.17, 15) is 4.79 Å². The molecule has 0 fully saturated rings. The Labute approximate surface area is 132 Å². The van der Waals surface area contributed by atoms with E-state index >= 15 is 0 Å². The smallest absolute Gasteiger partial charge is 0.335 e. The lowest BCUT2D eigenvalue weighted by molar-refractivity contribution is 0.0697. The van der Waals surface area contributed by atoms with Crippen molar-refractivity contribution in [2.75, 3.05) is 12.4 Å². The van der Waals surface area contributed by atoms with Crippen LogP contribution in [0.1, 0.15) is 16.8 Å². The molecule has 0 saturated heterocycles. The molecule has 0 amide bonds. The first kappa shape index (κ1) is 15.7. The van der Waals surface area contributed by atoms with Gasteiger partial charge in [0.25, 0.3) is 0 Å². The van der Waals surface area contributed by atoms with Crippen LogP contribution in [0, 0.1) is 0 Å². The second kappa shape index (κ2) is 7.96. The lowest BCUT2D eigenvalue weighted by Crippen LogP contribution is -2.00. The van der Waals surface area contributed by atoms with Crippen molar-refractivity contribution in [1.82, 2.24) is 0 Å². The zero-order valence-electron chi connectivity index (χ0n) is 11.3. The average molecular weight is 323 g/mol. The molecule has 0 aliphatic heterocycles. The van der Waals surface area contributed by atoms with Crippen molar-refractivity contribution in [3.8, 4) is 5.75 Å².